The van der Waals surface area contributed by atoms with Crippen molar-refractivity contribution in [2.45, 2.75) is 6.92 Å². The number of carbonyl (C=O) groups is 1. The van der Waals surface area contributed by atoms with Crippen molar-refractivity contribution < 1.29 is 4.79 Å². The number of hydrogen-bond acceptors (Lipinski definition) is 3. The molecule has 0 atom stereocenters. The van der Waals surface area contributed by atoms with Crippen LogP contribution in [0.1, 0.15) is 17.3 Å². The summed E-state index contributed by atoms with van der Waals surface area (Å²) in [5.74, 6) is 0.0529. The van der Waals surface area contributed by atoms with Crippen molar-refractivity contribution in [3.63, 3.8) is 0 Å². The molecule has 0 heterocycles. The lowest BCUT2D eigenvalue weighted by Gasteiger charge is -2.13. The van der Waals surface area contributed by atoms with Gasteiger partial charge >= 0.3 is 0 Å². The molecule has 0 N–H and O–H groups in total. The van der Waals surface area contributed by atoms with Crippen molar-refractivity contribution in [1.82, 2.24) is 0 Å². The molecule has 0 aliphatic heterocycles. The number of hydrazone groups is 1. The normalized spacial score (nSPS) is 10.3. The number of carbonyl (C=O) groups excluding carboxylic acids is 1. The van der Waals surface area contributed by atoms with Gasteiger partial charge in [0.2, 0.25) is 0 Å². The molecule has 0 radical (unpaired) electrons. The van der Waals surface area contributed by atoms with Gasteiger partial charge in [0.05, 0.1) is 17.2 Å². The third-order valence-corrected chi connectivity index (χ3v) is 2.66. The predicted octanol–water partition coefficient (Wildman–Crippen LogP) is 3.78. The first-order chi connectivity index (χ1) is 8.58. The molecule has 0 bridgehead atoms. The maximum atomic E-state index is 11.5. The van der Waals surface area contributed by atoms with E-state index in [1.165, 1.54) is 0 Å². The summed E-state index contributed by atoms with van der Waals surface area (Å²) in [6.07, 6.45) is 3.25. The number of allylic oxidation sites excluding steroid dienone is 1. The van der Waals surface area contributed by atoms with Gasteiger partial charge in [0.1, 0.15) is 0 Å². The number of alkyl halides is 1. The van der Waals surface area contributed by atoms with Crippen LogP contribution in [0.3, 0.4) is 0 Å². The van der Waals surface area contributed by atoms with Crippen LogP contribution in [0.2, 0.25) is 0 Å². The monoisotopic (exact) mass is 306 g/mol. The average molecular weight is 307 g/mol. The quantitative estimate of drug-likeness (QED) is 0.347. The first kappa shape index (κ1) is 14.4. The van der Waals surface area contributed by atoms with E-state index in [-0.39, 0.29) is 5.78 Å². The lowest BCUT2D eigenvalue weighted by molar-refractivity contribution is 0.102. The van der Waals surface area contributed by atoms with Crippen molar-refractivity contribution in [2.24, 2.45) is 5.10 Å². The van der Waals surface area contributed by atoms with Gasteiger partial charge in [0, 0.05) is 11.8 Å². The Morgan fingerprint density at radius 3 is 2.50 bits per heavy atom. The Balaban J connectivity index is 2.91. The molecule has 0 saturated carbocycles. The first-order valence-electron chi connectivity index (χ1n) is 5.39. The highest BCUT2D eigenvalue weighted by atomic mass is 79.9. The Bertz CT molecular complexity index is 477. The molecule has 0 fully saturated rings. The van der Waals surface area contributed by atoms with E-state index in [2.05, 4.69) is 34.2 Å². The van der Waals surface area contributed by atoms with Gasteiger partial charge in [0.25, 0.3) is 0 Å². The number of halogens is 1. The second-order valence-corrected chi connectivity index (χ2v) is 4.28. The Morgan fingerprint density at radius 2 is 2.06 bits per heavy atom. The van der Waals surface area contributed by atoms with Crippen molar-refractivity contribution in [3.8, 4) is 0 Å². The summed E-state index contributed by atoms with van der Waals surface area (Å²) >= 11 is 3.14. The second kappa shape index (κ2) is 6.91. The van der Waals surface area contributed by atoms with Crippen LogP contribution in [0.5, 0.6) is 0 Å². The highest BCUT2D eigenvalue weighted by Gasteiger charge is 2.05. The van der Waals surface area contributed by atoms with Crippen molar-refractivity contribution >= 4 is 33.6 Å². The molecule has 0 saturated heterocycles. The van der Waals surface area contributed by atoms with Crippen LogP contribution in [0.25, 0.3) is 0 Å². The highest BCUT2D eigenvalue weighted by Crippen LogP contribution is 2.16. The molecule has 0 aromatic heterocycles. The van der Waals surface area contributed by atoms with Crippen LogP contribution >= 0.6 is 15.9 Å². The molecule has 0 amide bonds. The zero-order valence-corrected chi connectivity index (χ0v) is 11.9. The smallest absolute Gasteiger partial charge is 0.173 e. The molecule has 1 aromatic rings. The molecular formula is C14H15BrN2O. The van der Waals surface area contributed by atoms with Crippen LogP contribution in [0, 0.1) is 0 Å². The lowest BCUT2D eigenvalue weighted by atomic mass is 10.1. The number of nitrogens with zero attached hydrogens (tertiary/aromatic N) is 2. The SMILES string of the molecule is C=CN(/N=C\C(=C)C)c1ccc(C(=O)CBr)cc1. The molecule has 3 nitrogen and oxygen atoms in total. The number of anilines is 1. The molecule has 0 spiro atoms. The maximum absolute atomic E-state index is 11.5. The third-order valence-electron chi connectivity index (χ3n) is 2.15. The number of rotatable bonds is 6. The standard InChI is InChI=1S/C14H15BrN2O/c1-4-17(16-10-11(2)3)13-7-5-12(6-8-13)14(18)9-15/h4-8,10H,1-2,9H2,3H3/b16-10-. The largest absolute Gasteiger partial charge is 0.293 e. The van der Waals surface area contributed by atoms with E-state index in [1.807, 2.05) is 19.1 Å². The Kier molecular flexibility index (Phi) is 5.52. The Morgan fingerprint density at radius 1 is 1.44 bits per heavy atom. The molecule has 1 aromatic carbocycles. The lowest BCUT2D eigenvalue weighted by Crippen LogP contribution is -2.08. The van der Waals surface area contributed by atoms with Gasteiger partial charge in [-0.15, -0.1) is 0 Å². The summed E-state index contributed by atoms with van der Waals surface area (Å²) in [7, 11) is 0. The molecular weight excluding hydrogens is 292 g/mol. The fraction of sp³-hybridized carbons (Fsp3) is 0.143. The van der Waals surface area contributed by atoms with Crippen LogP contribution < -0.4 is 5.01 Å². The van der Waals surface area contributed by atoms with E-state index in [0.29, 0.717) is 10.9 Å². The van der Waals surface area contributed by atoms with Gasteiger partial charge in [-0.2, -0.15) is 5.10 Å². The van der Waals surface area contributed by atoms with E-state index in [4.69, 9.17) is 0 Å². The summed E-state index contributed by atoms with van der Waals surface area (Å²) in [5.41, 5.74) is 2.37. The topological polar surface area (TPSA) is 32.7 Å². The zero-order valence-electron chi connectivity index (χ0n) is 10.3. The average Bonchev–Trinajstić information content (AvgIpc) is 2.39. The molecule has 0 aliphatic carbocycles. The first-order valence-corrected chi connectivity index (χ1v) is 6.51. The minimum absolute atomic E-state index is 0.0529. The maximum Gasteiger partial charge on any atom is 0.173 e. The van der Waals surface area contributed by atoms with E-state index in [0.717, 1.165) is 11.3 Å². The van der Waals surface area contributed by atoms with Gasteiger partial charge in [0.15, 0.2) is 5.78 Å². The molecule has 94 valence electrons. The van der Waals surface area contributed by atoms with Crippen LogP contribution in [-0.4, -0.2) is 17.3 Å². The summed E-state index contributed by atoms with van der Waals surface area (Å²) < 4.78 is 0. The summed E-state index contributed by atoms with van der Waals surface area (Å²) in [5, 5.41) is 6.15. The molecule has 18 heavy (non-hydrogen) atoms. The number of hydrogen-bond donors (Lipinski definition) is 0. The summed E-state index contributed by atoms with van der Waals surface area (Å²) in [6, 6.07) is 7.19. The highest BCUT2D eigenvalue weighted by molar-refractivity contribution is 9.09. The van der Waals surface area contributed by atoms with Crippen molar-refractivity contribution in [1.29, 1.82) is 0 Å². The van der Waals surface area contributed by atoms with Gasteiger partial charge in [-0.05, 0) is 36.8 Å². The third kappa shape index (κ3) is 3.96. The van der Waals surface area contributed by atoms with Gasteiger partial charge in [-0.25, -0.2) is 5.01 Å². The summed E-state index contributed by atoms with van der Waals surface area (Å²) in [4.78, 5) is 11.5. The molecule has 0 unspecified atom stereocenters. The number of ketones is 1. The predicted molar refractivity (Wildman–Crippen MR) is 80.5 cm³/mol. The van der Waals surface area contributed by atoms with E-state index in [1.54, 1.807) is 29.6 Å². The van der Waals surface area contributed by atoms with Gasteiger partial charge in [-0.3, -0.25) is 4.79 Å². The van der Waals surface area contributed by atoms with E-state index < -0.39 is 0 Å². The number of benzene rings is 1. The van der Waals surface area contributed by atoms with Gasteiger partial charge in [-0.1, -0.05) is 29.1 Å². The molecule has 0 aliphatic rings. The Hall–Kier alpha value is -1.68. The Labute approximate surface area is 116 Å². The van der Waals surface area contributed by atoms with E-state index >= 15 is 0 Å². The van der Waals surface area contributed by atoms with Crippen LogP contribution in [0.15, 0.2) is 54.3 Å². The summed E-state index contributed by atoms with van der Waals surface area (Å²) in [6.45, 7) is 9.30. The molecule has 4 heteroatoms. The molecule has 1 rings (SSSR count). The van der Waals surface area contributed by atoms with Crippen LogP contribution in [0.4, 0.5) is 5.69 Å². The zero-order chi connectivity index (χ0) is 13.5. The number of Topliss-reactive ketones (excluding diaryl/α,β-unsaturated/α-hetero) is 1. The van der Waals surface area contributed by atoms with Crippen LogP contribution in [-0.2, 0) is 0 Å². The fourth-order valence-electron chi connectivity index (χ4n) is 1.26. The van der Waals surface area contributed by atoms with Crippen molar-refractivity contribution in [2.75, 3.05) is 10.3 Å². The fourth-order valence-corrected chi connectivity index (χ4v) is 1.58. The van der Waals surface area contributed by atoms with Crippen molar-refractivity contribution in [3.05, 3.63) is 54.8 Å². The minimum atomic E-state index is 0.0529. The minimum Gasteiger partial charge on any atom is -0.293 e. The van der Waals surface area contributed by atoms with Gasteiger partial charge < -0.3 is 0 Å². The van der Waals surface area contributed by atoms with E-state index in [9.17, 15) is 4.79 Å². The second-order valence-electron chi connectivity index (χ2n) is 3.72.